The largest absolute Gasteiger partial charge is 0.316 e. The van der Waals surface area contributed by atoms with E-state index in [1.165, 1.54) is 38.5 Å². The van der Waals surface area contributed by atoms with Gasteiger partial charge in [0.05, 0.1) is 6.17 Å². The quantitative estimate of drug-likeness (QED) is 0.519. The van der Waals surface area contributed by atoms with E-state index >= 15 is 0 Å². The molecule has 12 heavy (non-hydrogen) atoms. The second-order valence-electron chi connectivity index (χ2n) is 3.64. The summed E-state index contributed by atoms with van der Waals surface area (Å²) < 4.78 is 0. The molecular weight excluding hydrogens is 172 g/mol. The molecule has 2 nitrogen and oxygen atoms in total. The van der Waals surface area contributed by atoms with Gasteiger partial charge < -0.3 is 5.73 Å². The van der Waals surface area contributed by atoms with Gasteiger partial charge in [0.15, 0.2) is 0 Å². The zero-order valence-electron chi connectivity index (χ0n) is 7.88. The van der Waals surface area contributed by atoms with E-state index in [0.717, 1.165) is 0 Å². The molecule has 1 saturated carbocycles. The molecule has 0 aromatic carbocycles. The average Bonchev–Trinajstić information content (AvgIpc) is 2.14. The summed E-state index contributed by atoms with van der Waals surface area (Å²) in [6.07, 6.45) is 8.39. The van der Waals surface area contributed by atoms with E-state index in [-0.39, 0.29) is 18.6 Å². The van der Waals surface area contributed by atoms with E-state index in [9.17, 15) is 0 Å². The van der Waals surface area contributed by atoms with Gasteiger partial charge in [0.2, 0.25) is 0 Å². The zero-order valence-corrected chi connectivity index (χ0v) is 8.70. The fourth-order valence-electron chi connectivity index (χ4n) is 1.82. The summed E-state index contributed by atoms with van der Waals surface area (Å²) >= 11 is 0. The van der Waals surface area contributed by atoms with Crippen molar-refractivity contribution < 1.29 is 0 Å². The van der Waals surface area contributed by atoms with Crippen LogP contribution in [0.25, 0.3) is 0 Å². The highest BCUT2D eigenvalue weighted by Crippen LogP contribution is 2.16. The number of halogens is 1. The van der Waals surface area contributed by atoms with Crippen molar-refractivity contribution in [3.8, 4) is 0 Å². The Labute approximate surface area is 81.7 Å². The molecule has 74 valence electrons. The monoisotopic (exact) mass is 192 g/mol. The molecule has 0 spiro atoms. The third-order valence-electron chi connectivity index (χ3n) is 2.35. The lowest BCUT2D eigenvalue weighted by molar-refractivity contribution is 0.413. The minimum absolute atomic E-state index is 0. The van der Waals surface area contributed by atoms with E-state index in [0.29, 0.717) is 6.04 Å². The molecule has 1 aliphatic rings. The smallest absolute Gasteiger partial charge is 0.0519 e. The van der Waals surface area contributed by atoms with Crippen LogP contribution in [0.1, 0.15) is 45.4 Å². The molecule has 0 saturated heterocycles. The number of rotatable bonds is 2. The van der Waals surface area contributed by atoms with E-state index in [1.807, 2.05) is 6.92 Å². The lowest BCUT2D eigenvalue weighted by Gasteiger charge is -2.18. The predicted molar refractivity (Wildman–Crippen MR) is 55.5 cm³/mol. The summed E-state index contributed by atoms with van der Waals surface area (Å²) in [7, 11) is 0. The van der Waals surface area contributed by atoms with Gasteiger partial charge in [0.1, 0.15) is 0 Å². The van der Waals surface area contributed by atoms with E-state index in [1.54, 1.807) is 0 Å². The van der Waals surface area contributed by atoms with Crippen LogP contribution in [0.3, 0.4) is 0 Å². The maximum absolute atomic E-state index is 5.66. The van der Waals surface area contributed by atoms with Crippen LogP contribution < -0.4 is 11.1 Å². The van der Waals surface area contributed by atoms with Crippen molar-refractivity contribution in [2.75, 3.05) is 0 Å². The van der Waals surface area contributed by atoms with Gasteiger partial charge in [-0.2, -0.15) is 0 Å². The molecule has 3 N–H and O–H groups in total. The number of nitrogens with two attached hydrogens (primary N) is 1. The van der Waals surface area contributed by atoms with Crippen LogP contribution in [-0.4, -0.2) is 12.2 Å². The summed E-state index contributed by atoms with van der Waals surface area (Å²) in [6, 6.07) is 0.692. The minimum Gasteiger partial charge on any atom is -0.316 e. The van der Waals surface area contributed by atoms with Crippen LogP contribution in [0.5, 0.6) is 0 Å². The normalized spacial score (nSPS) is 22.5. The van der Waals surface area contributed by atoms with Crippen molar-refractivity contribution in [1.29, 1.82) is 0 Å². The average molecular weight is 193 g/mol. The maximum atomic E-state index is 5.66. The van der Waals surface area contributed by atoms with Crippen LogP contribution >= 0.6 is 12.4 Å². The summed E-state index contributed by atoms with van der Waals surface area (Å²) in [5.74, 6) is 0. The molecule has 0 aliphatic heterocycles. The predicted octanol–water partition coefficient (Wildman–Crippen LogP) is 2.03. The van der Waals surface area contributed by atoms with Crippen LogP contribution in [0.15, 0.2) is 0 Å². The first-order valence-corrected chi connectivity index (χ1v) is 4.80. The van der Waals surface area contributed by atoms with Crippen LogP contribution in [0, 0.1) is 0 Å². The van der Waals surface area contributed by atoms with Crippen molar-refractivity contribution in [3.63, 3.8) is 0 Å². The van der Waals surface area contributed by atoms with Gasteiger partial charge in [-0.1, -0.05) is 25.7 Å². The van der Waals surface area contributed by atoms with Gasteiger partial charge in [0.25, 0.3) is 0 Å². The molecule has 0 heterocycles. The third kappa shape index (κ3) is 4.96. The SMILES string of the molecule is CC(N)NC1CCCCCC1.Cl. The highest BCUT2D eigenvalue weighted by Gasteiger charge is 2.11. The molecule has 0 amide bonds. The Hall–Kier alpha value is 0.210. The molecule has 1 fully saturated rings. The van der Waals surface area contributed by atoms with Crippen molar-refractivity contribution in [2.24, 2.45) is 5.73 Å². The highest BCUT2D eigenvalue weighted by molar-refractivity contribution is 5.85. The molecule has 0 bridgehead atoms. The van der Waals surface area contributed by atoms with E-state index in [4.69, 9.17) is 5.73 Å². The van der Waals surface area contributed by atoms with Gasteiger partial charge in [-0.3, -0.25) is 5.32 Å². The Morgan fingerprint density at radius 2 is 1.67 bits per heavy atom. The molecule has 0 aromatic rings. The minimum atomic E-state index is 0. The second kappa shape index (κ2) is 6.70. The highest BCUT2D eigenvalue weighted by atomic mass is 35.5. The summed E-state index contributed by atoms with van der Waals surface area (Å²) in [5.41, 5.74) is 5.66. The Bertz CT molecular complexity index is 98.7. The first-order valence-electron chi connectivity index (χ1n) is 4.80. The van der Waals surface area contributed by atoms with Crippen molar-refractivity contribution in [2.45, 2.75) is 57.7 Å². The van der Waals surface area contributed by atoms with Crippen molar-refractivity contribution in [1.82, 2.24) is 5.32 Å². The van der Waals surface area contributed by atoms with Gasteiger partial charge >= 0.3 is 0 Å². The summed E-state index contributed by atoms with van der Waals surface area (Å²) in [5, 5.41) is 3.40. The maximum Gasteiger partial charge on any atom is 0.0519 e. The Balaban J connectivity index is 0.00000121. The van der Waals surface area contributed by atoms with E-state index < -0.39 is 0 Å². The summed E-state index contributed by atoms with van der Waals surface area (Å²) in [6.45, 7) is 2.02. The Morgan fingerprint density at radius 1 is 1.17 bits per heavy atom. The number of nitrogens with one attached hydrogen (secondary N) is 1. The van der Waals surface area contributed by atoms with Gasteiger partial charge in [-0.25, -0.2) is 0 Å². The van der Waals surface area contributed by atoms with Crippen LogP contribution in [0.4, 0.5) is 0 Å². The van der Waals surface area contributed by atoms with Gasteiger partial charge in [-0.05, 0) is 19.8 Å². The van der Waals surface area contributed by atoms with Gasteiger partial charge in [-0.15, -0.1) is 12.4 Å². The fourth-order valence-corrected chi connectivity index (χ4v) is 1.82. The fraction of sp³-hybridized carbons (Fsp3) is 1.00. The molecule has 1 unspecified atom stereocenters. The standard InChI is InChI=1S/C9H20N2.ClH/c1-8(10)11-9-6-4-2-3-5-7-9;/h8-9,11H,2-7,10H2,1H3;1H. The van der Waals surface area contributed by atoms with Crippen molar-refractivity contribution >= 4 is 12.4 Å². The molecule has 0 aromatic heterocycles. The first kappa shape index (κ1) is 12.2. The topological polar surface area (TPSA) is 38.0 Å². The lowest BCUT2D eigenvalue weighted by atomic mass is 10.1. The number of hydrogen-bond donors (Lipinski definition) is 2. The second-order valence-corrected chi connectivity index (χ2v) is 3.64. The molecular formula is C9H21ClN2. The third-order valence-corrected chi connectivity index (χ3v) is 2.35. The van der Waals surface area contributed by atoms with E-state index in [2.05, 4.69) is 5.32 Å². The molecule has 1 atom stereocenters. The van der Waals surface area contributed by atoms with Gasteiger partial charge in [0, 0.05) is 6.04 Å². The summed E-state index contributed by atoms with van der Waals surface area (Å²) in [4.78, 5) is 0. The number of hydrogen-bond acceptors (Lipinski definition) is 2. The lowest BCUT2D eigenvalue weighted by Crippen LogP contribution is -2.41. The molecule has 1 aliphatic carbocycles. The zero-order chi connectivity index (χ0) is 8.10. The molecule has 0 radical (unpaired) electrons. The Morgan fingerprint density at radius 3 is 2.08 bits per heavy atom. The molecule has 1 rings (SSSR count). The van der Waals surface area contributed by atoms with Crippen LogP contribution in [0.2, 0.25) is 0 Å². The first-order chi connectivity index (χ1) is 5.29. The Kier molecular flexibility index (Phi) is 6.81. The molecule has 3 heteroatoms. The van der Waals surface area contributed by atoms with Crippen molar-refractivity contribution in [3.05, 3.63) is 0 Å². The van der Waals surface area contributed by atoms with Crippen LogP contribution in [-0.2, 0) is 0 Å².